The summed E-state index contributed by atoms with van der Waals surface area (Å²) in [6.45, 7) is 4.17. The van der Waals surface area contributed by atoms with Crippen LogP contribution in [0.3, 0.4) is 0 Å². The molecule has 3 aliphatic heterocycles. The molecule has 3 saturated heterocycles. The lowest BCUT2D eigenvalue weighted by Gasteiger charge is -2.36. The molecule has 0 aliphatic carbocycles. The molecule has 5 nitrogen and oxygen atoms in total. The molecule has 0 spiro atoms. The number of imidazole rings is 1. The second-order valence-corrected chi connectivity index (χ2v) is 8.17. The van der Waals surface area contributed by atoms with Gasteiger partial charge in [-0.15, -0.1) is 0 Å². The van der Waals surface area contributed by atoms with Crippen molar-refractivity contribution in [3.8, 4) is 0 Å². The van der Waals surface area contributed by atoms with Crippen LogP contribution in [0.15, 0.2) is 60.9 Å². The number of amides is 1. The second-order valence-electron chi connectivity index (χ2n) is 8.17. The van der Waals surface area contributed by atoms with Gasteiger partial charge in [-0.1, -0.05) is 42.5 Å². The van der Waals surface area contributed by atoms with Crippen LogP contribution in [-0.4, -0.2) is 50.9 Å². The molecule has 28 heavy (non-hydrogen) atoms. The number of nitrogens with zero attached hydrogens (tertiary/aromatic N) is 4. The normalized spacial score (nSPS) is 22.5. The highest BCUT2D eigenvalue weighted by Crippen LogP contribution is 2.29. The molecule has 0 radical (unpaired) electrons. The van der Waals surface area contributed by atoms with Gasteiger partial charge in [0.15, 0.2) is 0 Å². The molecule has 2 atom stereocenters. The van der Waals surface area contributed by atoms with Crippen LogP contribution in [0.4, 0.5) is 0 Å². The summed E-state index contributed by atoms with van der Waals surface area (Å²) in [5.74, 6) is 0.785. The molecule has 4 heterocycles. The van der Waals surface area contributed by atoms with Gasteiger partial charge in [-0.25, -0.2) is 4.98 Å². The van der Waals surface area contributed by atoms with Crippen molar-refractivity contribution in [3.05, 3.63) is 66.5 Å². The van der Waals surface area contributed by atoms with Crippen molar-refractivity contribution in [1.29, 1.82) is 0 Å². The van der Waals surface area contributed by atoms with Gasteiger partial charge in [0.05, 0.1) is 17.4 Å². The van der Waals surface area contributed by atoms with Crippen LogP contribution >= 0.6 is 0 Å². The van der Waals surface area contributed by atoms with Gasteiger partial charge in [0.25, 0.3) is 0 Å². The molecule has 0 saturated carbocycles. The summed E-state index contributed by atoms with van der Waals surface area (Å²) in [5, 5.41) is 0. The van der Waals surface area contributed by atoms with Crippen LogP contribution < -0.4 is 0 Å². The van der Waals surface area contributed by atoms with E-state index >= 15 is 0 Å². The van der Waals surface area contributed by atoms with Crippen molar-refractivity contribution in [2.45, 2.75) is 32.0 Å². The van der Waals surface area contributed by atoms with Crippen molar-refractivity contribution >= 4 is 16.9 Å². The Kier molecular flexibility index (Phi) is 4.61. The Morgan fingerprint density at radius 3 is 2.68 bits per heavy atom. The highest BCUT2D eigenvalue weighted by Gasteiger charge is 2.36. The first kappa shape index (κ1) is 17.4. The Bertz CT molecular complexity index is 967. The van der Waals surface area contributed by atoms with Crippen molar-refractivity contribution < 1.29 is 4.79 Å². The topological polar surface area (TPSA) is 41.4 Å². The van der Waals surface area contributed by atoms with E-state index in [2.05, 4.69) is 45.1 Å². The molecule has 1 aromatic heterocycles. The van der Waals surface area contributed by atoms with Crippen LogP contribution in [0.5, 0.6) is 0 Å². The third-order valence-corrected chi connectivity index (χ3v) is 6.24. The molecule has 1 amide bonds. The quantitative estimate of drug-likeness (QED) is 0.704. The number of hydrogen-bond donors (Lipinski definition) is 0. The van der Waals surface area contributed by atoms with E-state index in [-0.39, 0.29) is 5.91 Å². The summed E-state index contributed by atoms with van der Waals surface area (Å²) in [6.07, 6.45) is 4.21. The summed E-state index contributed by atoms with van der Waals surface area (Å²) >= 11 is 0. The number of carbonyl (C=O) groups excluding carboxylic acids is 1. The van der Waals surface area contributed by atoms with Crippen LogP contribution in [0.2, 0.25) is 0 Å². The molecule has 3 aliphatic rings. The molecular formula is C23H26N4O. The highest BCUT2D eigenvalue weighted by atomic mass is 16.2. The summed E-state index contributed by atoms with van der Waals surface area (Å²) in [7, 11) is 0. The first-order valence-electron chi connectivity index (χ1n) is 10.2. The molecule has 3 fully saturated rings. The zero-order valence-electron chi connectivity index (χ0n) is 16.1. The monoisotopic (exact) mass is 374 g/mol. The van der Waals surface area contributed by atoms with Crippen molar-refractivity contribution in [3.63, 3.8) is 0 Å². The number of rotatable bonds is 4. The maximum Gasteiger partial charge on any atom is 0.242 e. The summed E-state index contributed by atoms with van der Waals surface area (Å²) in [5.41, 5.74) is 3.33. The van der Waals surface area contributed by atoms with Gasteiger partial charge in [-0.2, -0.15) is 0 Å². The van der Waals surface area contributed by atoms with E-state index in [1.54, 1.807) is 6.33 Å². The van der Waals surface area contributed by atoms with E-state index in [0.29, 0.717) is 18.5 Å². The van der Waals surface area contributed by atoms with Crippen molar-refractivity contribution in [2.75, 3.05) is 19.6 Å². The van der Waals surface area contributed by atoms with Crippen molar-refractivity contribution in [1.82, 2.24) is 19.4 Å². The number of piperidine rings is 1. The van der Waals surface area contributed by atoms with Gasteiger partial charge >= 0.3 is 0 Å². The van der Waals surface area contributed by atoms with Gasteiger partial charge in [0.2, 0.25) is 5.91 Å². The van der Waals surface area contributed by atoms with Crippen molar-refractivity contribution in [2.24, 2.45) is 5.92 Å². The van der Waals surface area contributed by atoms with Crippen LogP contribution in [0, 0.1) is 5.92 Å². The predicted molar refractivity (Wildman–Crippen MR) is 110 cm³/mol. The second kappa shape index (κ2) is 7.40. The fourth-order valence-corrected chi connectivity index (χ4v) is 4.78. The third kappa shape index (κ3) is 3.42. The average molecular weight is 374 g/mol. The molecule has 0 unspecified atom stereocenters. The largest absolute Gasteiger partial charge is 0.339 e. The Labute approximate surface area is 165 Å². The van der Waals surface area contributed by atoms with Gasteiger partial charge in [-0.05, 0) is 36.5 Å². The van der Waals surface area contributed by atoms with Gasteiger partial charge in [0.1, 0.15) is 6.54 Å². The minimum absolute atomic E-state index is 0.210. The number of benzene rings is 2. The van der Waals surface area contributed by atoms with E-state index in [0.717, 1.165) is 37.2 Å². The zero-order valence-corrected chi connectivity index (χ0v) is 16.1. The minimum Gasteiger partial charge on any atom is -0.339 e. The van der Waals surface area contributed by atoms with E-state index < -0.39 is 0 Å². The Morgan fingerprint density at radius 2 is 1.79 bits per heavy atom. The fraction of sp³-hybridized carbons (Fsp3) is 0.391. The number of hydrogen-bond acceptors (Lipinski definition) is 3. The molecule has 5 heteroatoms. The highest BCUT2D eigenvalue weighted by molar-refractivity contribution is 5.80. The molecule has 2 bridgehead atoms. The molecule has 6 rings (SSSR count). The van der Waals surface area contributed by atoms with E-state index in [9.17, 15) is 4.79 Å². The van der Waals surface area contributed by atoms with E-state index in [1.165, 1.54) is 18.4 Å². The predicted octanol–water partition coefficient (Wildman–Crippen LogP) is 3.16. The lowest BCUT2D eigenvalue weighted by molar-refractivity contribution is -0.132. The number of para-hydroxylation sites is 2. The number of carbonyl (C=O) groups is 1. The summed E-state index contributed by atoms with van der Waals surface area (Å²) in [6, 6.07) is 19.1. The first-order valence-corrected chi connectivity index (χ1v) is 10.2. The van der Waals surface area contributed by atoms with E-state index in [4.69, 9.17) is 0 Å². The molecule has 144 valence electrons. The standard InChI is InChI=1S/C23H26N4O/c28-23(16-27-17-24-21-8-4-5-9-22(21)27)26-14-19-10-11-20(15-26)25(13-19)12-18-6-2-1-3-7-18/h1-9,17,19-20H,10-16H2/t19-,20-/m1/s1. The summed E-state index contributed by atoms with van der Waals surface area (Å²) < 4.78 is 1.98. The molecule has 0 N–H and O–H groups in total. The lowest BCUT2D eigenvalue weighted by atomic mass is 9.94. The molecule has 2 aromatic carbocycles. The first-order chi connectivity index (χ1) is 13.8. The maximum atomic E-state index is 13.1. The van der Waals surface area contributed by atoms with Crippen LogP contribution in [0.1, 0.15) is 18.4 Å². The van der Waals surface area contributed by atoms with Crippen LogP contribution in [0.25, 0.3) is 11.0 Å². The van der Waals surface area contributed by atoms with Crippen LogP contribution in [-0.2, 0) is 17.9 Å². The Morgan fingerprint density at radius 1 is 0.964 bits per heavy atom. The Balaban J connectivity index is 1.30. The lowest BCUT2D eigenvalue weighted by Crippen LogP contribution is -2.44. The van der Waals surface area contributed by atoms with E-state index in [1.807, 2.05) is 28.8 Å². The van der Waals surface area contributed by atoms with Gasteiger partial charge in [-0.3, -0.25) is 9.69 Å². The van der Waals surface area contributed by atoms with Gasteiger partial charge in [0, 0.05) is 32.2 Å². The molecular weight excluding hydrogens is 348 g/mol. The maximum absolute atomic E-state index is 13.1. The van der Waals surface area contributed by atoms with Gasteiger partial charge < -0.3 is 9.47 Å². The third-order valence-electron chi connectivity index (χ3n) is 6.24. The fourth-order valence-electron chi connectivity index (χ4n) is 4.78. The molecule has 3 aromatic rings. The smallest absolute Gasteiger partial charge is 0.242 e. The average Bonchev–Trinajstić information content (AvgIpc) is 2.90. The Hall–Kier alpha value is -2.66. The zero-order chi connectivity index (χ0) is 18.9. The summed E-state index contributed by atoms with van der Waals surface area (Å²) in [4.78, 5) is 22.2. The number of fused-ring (bicyclic) bond motifs is 5. The minimum atomic E-state index is 0.210. The number of aromatic nitrogens is 2. The SMILES string of the molecule is O=C(Cn1cnc2ccccc21)N1C[C@@H]2CC[C@H](C1)N(Cc1ccccc1)C2.